The number of ether oxygens (including phenoxy) is 3. The molecule has 0 fully saturated rings. The molecular formula is C20H18O8. The van der Waals surface area contributed by atoms with Crippen molar-refractivity contribution in [2.24, 2.45) is 0 Å². The van der Waals surface area contributed by atoms with Crippen molar-refractivity contribution in [1.29, 1.82) is 0 Å². The number of hydrogen-bond acceptors (Lipinski definition) is 8. The minimum absolute atomic E-state index is 0.147. The van der Waals surface area contributed by atoms with E-state index in [2.05, 4.69) is 4.74 Å². The van der Waals surface area contributed by atoms with Gasteiger partial charge in [0.05, 0.1) is 7.11 Å². The Labute approximate surface area is 159 Å². The molecule has 0 unspecified atom stereocenters. The van der Waals surface area contributed by atoms with Crippen LogP contribution in [0.2, 0.25) is 0 Å². The Balaban J connectivity index is 1.58. The van der Waals surface area contributed by atoms with Crippen molar-refractivity contribution in [2.75, 3.05) is 13.7 Å². The van der Waals surface area contributed by atoms with E-state index in [9.17, 15) is 14.4 Å². The maximum atomic E-state index is 11.9. The van der Waals surface area contributed by atoms with Crippen LogP contribution in [0.25, 0.3) is 11.0 Å². The number of aryl methyl sites for hydroxylation is 2. The molecule has 0 saturated heterocycles. The molecule has 0 aliphatic rings. The number of carbonyl (C=O) groups is 2. The summed E-state index contributed by atoms with van der Waals surface area (Å²) in [5.74, 6) is -0.101. The van der Waals surface area contributed by atoms with Gasteiger partial charge in [-0.1, -0.05) is 0 Å². The van der Waals surface area contributed by atoms with Crippen molar-refractivity contribution in [2.45, 2.75) is 20.5 Å². The first-order valence-electron chi connectivity index (χ1n) is 8.38. The molecule has 0 amide bonds. The molecule has 3 aromatic rings. The Hall–Kier alpha value is -3.55. The lowest BCUT2D eigenvalue weighted by Gasteiger charge is -2.07. The van der Waals surface area contributed by atoms with Gasteiger partial charge in [-0.2, -0.15) is 0 Å². The van der Waals surface area contributed by atoms with E-state index in [0.717, 1.165) is 10.9 Å². The normalized spacial score (nSPS) is 10.7. The minimum Gasteiger partial charge on any atom is -0.482 e. The third-order valence-corrected chi connectivity index (χ3v) is 4.03. The van der Waals surface area contributed by atoms with Crippen LogP contribution in [0.15, 0.2) is 44.0 Å². The number of esters is 2. The maximum absolute atomic E-state index is 11.9. The highest BCUT2D eigenvalue weighted by Crippen LogP contribution is 2.22. The van der Waals surface area contributed by atoms with E-state index in [1.54, 1.807) is 26.0 Å². The zero-order chi connectivity index (χ0) is 20.3. The van der Waals surface area contributed by atoms with Crippen LogP contribution in [0.4, 0.5) is 0 Å². The van der Waals surface area contributed by atoms with Crippen LogP contribution in [-0.4, -0.2) is 25.7 Å². The van der Waals surface area contributed by atoms with Crippen LogP contribution in [0.3, 0.4) is 0 Å². The second-order valence-corrected chi connectivity index (χ2v) is 6.03. The molecule has 2 heterocycles. The molecule has 28 heavy (non-hydrogen) atoms. The molecule has 0 atom stereocenters. The molecule has 0 aliphatic carbocycles. The monoisotopic (exact) mass is 386 g/mol. The molecule has 8 nitrogen and oxygen atoms in total. The van der Waals surface area contributed by atoms with Crippen LogP contribution in [0.1, 0.15) is 27.4 Å². The van der Waals surface area contributed by atoms with E-state index in [0.29, 0.717) is 22.9 Å². The molecule has 3 rings (SSSR count). The zero-order valence-corrected chi connectivity index (χ0v) is 15.6. The Kier molecular flexibility index (Phi) is 5.49. The van der Waals surface area contributed by atoms with E-state index in [1.807, 2.05) is 0 Å². The van der Waals surface area contributed by atoms with Crippen molar-refractivity contribution in [1.82, 2.24) is 0 Å². The second kappa shape index (κ2) is 7.99. The lowest BCUT2D eigenvalue weighted by Crippen LogP contribution is -2.14. The van der Waals surface area contributed by atoms with Gasteiger partial charge in [0.1, 0.15) is 35.0 Å². The van der Waals surface area contributed by atoms with E-state index in [4.69, 9.17) is 18.3 Å². The fourth-order valence-electron chi connectivity index (χ4n) is 2.66. The van der Waals surface area contributed by atoms with Gasteiger partial charge in [0.25, 0.3) is 0 Å². The Morgan fingerprint density at radius 2 is 1.86 bits per heavy atom. The van der Waals surface area contributed by atoms with E-state index in [-0.39, 0.29) is 18.8 Å². The summed E-state index contributed by atoms with van der Waals surface area (Å²) in [6, 6.07) is 7.82. The van der Waals surface area contributed by atoms with Gasteiger partial charge in [0.2, 0.25) is 0 Å². The fourth-order valence-corrected chi connectivity index (χ4v) is 2.66. The van der Waals surface area contributed by atoms with Gasteiger partial charge in [-0.15, -0.1) is 0 Å². The first-order valence-corrected chi connectivity index (χ1v) is 8.38. The molecule has 8 heteroatoms. The van der Waals surface area contributed by atoms with Gasteiger partial charge in [0.15, 0.2) is 6.61 Å². The van der Waals surface area contributed by atoms with Crippen LogP contribution < -0.4 is 10.4 Å². The molecule has 1 aromatic carbocycles. The highest BCUT2D eigenvalue weighted by molar-refractivity contribution is 5.90. The van der Waals surface area contributed by atoms with Crippen LogP contribution in [0.5, 0.6) is 5.75 Å². The second-order valence-electron chi connectivity index (χ2n) is 6.03. The van der Waals surface area contributed by atoms with E-state index < -0.39 is 17.6 Å². The van der Waals surface area contributed by atoms with Gasteiger partial charge >= 0.3 is 17.6 Å². The number of rotatable bonds is 6. The number of methoxy groups -OCH3 is 1. The summed E-state index contributed by atoms with van der Waals surface area (Å²) in [5.41, 5.74) is 0.980. The van der Waals surface area contributed by atoms with Crippen LogP contribution >= 0.6 is 0 Å². The van der Waals surface area contributed by atoms with Crippen molar-refractivity contribution in [3.63, 3.8) is 0 Å². The number of carbonyl (C=O) groups excluding carboxylic acids is 2. The van der Waals surface area contributed by atoms with Crippen LogP contribution in [0, 0.1) is 13.8 Å². The summed E-state index contributed by atoms with van der Waals surface area (Å²) < 4.78 is 25.6. The summed E-state index contributed by atoms with van der Waals surface area (Å²) in [7, 11) is 1.27. The quantitative estimate of drug-likeness (QED) is 0.470. The smallest absolute Gasteiger partial charge is 0.344 e. The largest absolute Gasteiger partial charge is 0.482 e. The predicted molar refractivity (Wildman–Crippen MR) is 97.3 cm³/mol. The van der Waals surface area contributed by atoms with E-state index >= 15 is 0 Å². The minimum atomic E-state index is -0.625. The summed E-state index contributed by atoms with van der Waals surface area (Å²) in [4.78, 5) is 34.9. The SMILES string of the molecule is COC(=O)c1cc(COC(=O)COc2ccc3c(C)cc(=O)oc3c2)oc1C. The predicted octanol–water partition coefficient (Wildman–Crippen LogP) is 2.91. The average Bonchev–Trinajstić information content (AvgIpc) is 3.04. The third-order valence-electron chi connectivity index (χ3n) is 4.03. The lowest BCUT2D eigenvalue weighted by atomic mass is 10.1. The Morgan fingerprint density at radius 3 is 2.61 bits per heavy atom. The highest BCUT2D eigenvalue weighted by atomic mass is 16.6. The standard InChI is InChI=1S/C20H18O8/c1-11-6-18(21)28-17-8-13(4-5-15(11)17)25-10-19(22)26-9-14-7-16(12(2)27-14)20(23)24-3/h4-8H,9-10H2,1-3H3. The maximum Gasteiger partial charge on any atom is 0.344 e. The molecule has 0 N–H and O–H groups in total. The van der Waals surface area contributed by atoms with Crippen molar-refractivity contribution < 1.29 is 32.6 Å². The van der Waals surface area contributed by atoms with Gasteiger partial charge in [0, 0.05) is 17.5 Å². The molecular weight excluding hydrogens is 368 g/mol. The lowest BCUT2D eigenvalue weighted by molar-refractivity contribution is -0.147. The molecule has 2 aromatic heterocycles. The molecule has 0 bridgehead atoms. The number of fused-ring (bicyclic) bond motifs is 1. The Morgan fingerprint density at radius 1 is 1.07 bits per heavy atom. The first kappa shape index (κ1) is 19.2. The van der Waals surface area contributed by atoms with E-state index in [1.165, 1.54) is 25.3 Å². The first-order chi connectivity index (χ1) is 13.4. The van der Waals surface area contributed by atoms with Crippen molar-refractivity contribution in [3.8, 4) is 5.75 Å². The third kappa shape index (κ3) is 4.22. The molecule has 146 valence electrons. The summed E-state index contributed by atoms with van der Waals surface area (Å²) >= 11 is 0. The topological polar surface area (TPSA) is 105 Å². The zero-order valence-electron chi connectivity index (χ0n) is 15.6. The van der Waals surface area contributed by atoms with Gasteiger partial charge in [-0.3, -0.25) is 0 Å². The summed E-state index contributed by atoms with van der Waals surface area (Å²) in [5, 5.41) is 0.782. The van der Waals surface area contributed by atoms with Crippen molar-refractivity contribution >= 4 is 22.9 Å². The number of benzene rings is 1. The molecule has 0 radical (unpaired) electrons. The summed E-state index contributed by atoms with van der Waals surface area (Å²) in [6.45, 7) is 2.93. The summed E-state index contributed by atoms with van der Waals surface area (Å²) in [6.07, 6.45) is 0. The van der Waals surface area contributed by atoms with Crippen molar-refractivity contribution in [3.05, 3.63) is 63.4 Å². The number of hydrogen-bond donors (Lipinski definition) is 0. The highest BCUT2D eigenvalue weighted by Gasteiger charge is 2.16. The van der Waals surface area contributed by atoms with Crippen LogP contribution in [-0.2, 0) is 20.9 Å². The van der Waals surface area contributed by atoms with Gasteiger partial charge in [-0.05, 0) is 37.6 Å². The fraction of sp³-hybridized carbons (Fsp3) is 0.250. The molecule has 0 aliphatic heterocycles. The Bertz CT molecular complexity index is 1090. The molecule has 0 saturated carbocycles. The number of furan rings is 1. The van der Waals surface area contributed by atoms with Gasteiger partial charge < -0.3 is 23.0 Å². The average molecular weight is 386 g/mol. The van der Waals surface area contributed by atoms with Gasteiger partial charge in [-0.25, -0.2) is 14.4 Å². The molecule has 0 spiro atoms.